The molecule has 0 fully saturated rings. The number of nitro benzene ring substituents is 1. The number of hydrogen-bond donors (Lipinski definition) is 1. The zero-order valence-corrected chi connectivity index (χ0v) is 16.3. The quantitative estimate of drug-likeness (QED) is 0.315. The van der Waals surface area contributed by atoms with Crippen molar-refractivity contribution < 1.29 is 9.66 Å². The molecule has 1 heterocycles. The second-order valence-electron chi connectivity index (χ2n) is 6.65. The van der Waals surface area contributed by atoms with E-state index in [1.54, 1.807) is 18.3 Å². The molecule has 0 bridgehead atoms. The van der Waals surface area contributed by atoms with Crippen LogP contribution in [0.25, 0.3) is 22.3 Å². The van der Waals surface area contributed by atoms with E-state index in [4.69, 9.17) is 4.74 Å². The van der Waals surface area contributed by atoms with Crippen LogP contribution in [-0.2, 0) is 0 Å². The van der Waals surface area contributed by atoms with E-state index in [0.717, 1.165) is 22.4 Å². The summed E-state index contributed by atoms with van der Waals surface area (Å²) in [5, 5.41) is 14.6. The van der Waals surface area contributed by atoms with Crippen molar-refractivity contribution in [1.29, 1.82) is 0 Å². The molecule has 0 atom stereocenters. The first-order valence-corrected chi connectivity index (χ1v) is 9.35. The van der Waals surface area contributed by atoms with Gasteiger partial charge < -0.3 is 10.1 Å². The number of benzene rings is 3. The van der Waals surface area contributed by atoms with Crippen LogP contribution in [0.4, 0.5) is 17.2 Å². The van der Waals surface area contributed by atoms with Crippen molar-refractivity contribution in [2.45, 2.75) is 0 Å². The third-order valence-corrected chi connectivity index (χ3v) is 4.71. The highest BCUT2D eigenvalue weighted by molar-refractivity contribution is 5.74. The van der Waals surface area contributed by atoms with Crippen LogP contribution in [0.15, 0.2) is 91.1 Å². The fourth-order valence-electron chi connectivity index (χ4n) is 3.25. The predicted octanol–water partition coefficient (Wildman–Crippen LogP) is 6.08. The maximum atomic E-state index is 11.3. The zero-order valence-electron chi connectivity index (χ0n) is 16.3. The average molecular weight is 397 g/mol. The Kier molecular flexibility index (Phi) is 5.39. The van der Waals surface area contributed by atoms with Crippen molar-refractivity contribution in [2.75, 3.05) is 12.4 Å². The molecular formula is C24H19N3O3. The molecule has 0 spiro atoms. The van der Waals surface area contributed by atoms with E-state index in [0.29, 0.717) is 11.4 Å². The molecule has 148 valence electrons. The normalized spacial score (nSPS) is 10.4. The van der Waals surface area contributed by atoms with Gasteiger partial charge in [0.2, 0.25) is 0 Å². The molecule has 0 aliphatic heterocycles. The fraction of sp³-hybridized carbons (Fsp3) is 0.0417. The average Bonchev–Trinajstić information content (AvgIpc) is 2.79. The molecule has 0 amide bonds. The van der Waals surface area contributed by atoms with E-state index in [-0.39, 0.29) is 11.4 Å². The summed E-state index contributed by atoms with van der Waals surface area (Å²) in [6.45, 7) is 0. The van der Waals surface area contributed by atoms with Gasteiger partial charge in [-0.15, -0.1) is 0 Å². The Balaban J connectivity index is 1.62. The van der Waals surface area contributed by atoms with Crippen LogP contribution in [0, 0.1) is 10.1 Å². The lowest BCUT2D eigenvalue weighted by atomic mass is 10.0. The monoisotopic (exact) mass is 397 g/mol. The van der Waals surface area contributed by atoms with Gasteiger partial charge in [0, 0.05) is 18.0 Å². The van der Waals surface area contributed by atoms with Crippen LogP contribution in [0.3, 0.4) is 0 Å². The Hall–Kier alpha value is -4.19. The SMILES string of the molecule is COc1ccc(-c2ccnc(Nc3cccc(-c4ccccc4)c3)c2)cc1[N+](=O)[O-]. The maximum Gasteiger partial charge on any atom is 0.311 e. The number of methoxy groups -OCH3 is 1. The minimum Gasteiger partial charge on any atom is -0.490 e. The van der Waals surface area contributed by atoms with Crippen molar-refractivity contribution in [3.63, 3.8) is 0 Å². The lowest BCUT2D eigenvalue weighted by Gasteiger charge is -2.10. The lowest BCUT2D eigenvalue weighted by molar-refractivity contribution is -0.385. The van der Waals surface area contributed by atoms with Crippen LogP contribution in [-0.4, -0.2) is 17.0 Å². The Morgan fingerprint density at radius 2 is 1.57 bits per heavy atom. The second kappa shape index (κ2) is 8.45. The third-order valence-electron chi connectivity index (χ3n) is 4.71. The summed E-state index contributed by atoms with van der Waals surface area (Å²) in [6.07, 6.45) is 1.68. The second-order valence-corrected chi connectivity index (χ2v) is 6.65. The molecule has 3 aromatic carbocycles. The van der Waals surface area contributed by atoms with Gasteiger partial charge >= 0.3 is 5.69 Å². The number of aromatic nitrogens is 1. The van der Waals surface area contributed by atoms with Gasteiger partial charge in [-0.3, -0.25) is 10.1 Å². The van der Waals surface area contributed by atoms with Gasteiger partial charge in [-0.25, -0.2) is 4.98 Å². The summed E-state index contributed by atoms with van der Waals surface area (Å²) in [5.41, 5.74) is 4.60. The molecule has 0 radical (unpaired) electrons. The smallest absolute Gasteiger partial charge is 0.311 e. The number of anilines is 2. The number of hydrogen-bond acceptors (Lipinski definition) is 5. The molecule has 4 aromatic rings. The Morgan fingerprint density at radius 1 is 0.833 bits per heavy atom. The third kappa shape index (κ3) is 4.12. The lowest BCUT2D eigenvalue weighted by Crippen LogP contribution is -1.96. The summed E-state index contributed by atoms with van der Waals surface area (Å²) in [4.78, 5) is 15.3. The van der Waals surface area contributed by atoms with E-state index in [1.807, 2.05) is 42.5 Å². The van der Waals surface area contributed by atoms with Gasteiger partial charge in [-0.05, 0) is 52.6 Å². The largest absolute Gasteiger partial charge is 0.490 e. The minimum atomic E-state index is -0.447. The van der Waals surface area contributed by atoms with E-state index < -0.39 is 4.92 Å². The molecule has 0 aliphatic rings. The Morgan fingerprint density at radius 3 is 2.33 bits per heavy atom. The Bertz CT molecular complexity index is 1190. The van der Waals surface area contributed by atoms with Crippen molar-refractivity contribution in [3.8, 4) is 28.0 Å². The summed E-state index contributed by atoms with van der Waals surface area (Å²) in [7, 11) is 1.42. The number of nitrogens with zero attached hydrogens (tertiary/aromatic N) is 2. The molecule has 1 N–H and O–H groups in total. The number of ether oxygens (including phenoxy) is 1. The highest BCUT2D eigenvalue weighted by Gasteiger charge is 2.16. The molecule has 4 rings (SSSR count). The van der Waals surface area contributed by atoms with Crippen molar-refractivity contribution >= 4 is 17.2 Å². The molecule has 0 aliphatic carbocycles. The molecular weight excluding hydrogens is 378 g/mol. The minimum absolute atomic E-state index is 0.0723. The summed E-state index contributed by atoms with van der Waals surface area (Å²) in [6, 6.07) is 26.8. The number of nitrogens with one attached hydrogen (secondary N) is 1. The topological polar surface area (TPSA) is 77.3 Å². The standard InChI is InChI=1S/C24H19N3O3/c1-30-23-11-10-19(15-22(23)27(28)29)20-12-13-25-24(16-20)26-21-9-5-8-18(14-21)17-6-3-2-4-7-17/h2-16H,1H3,(H,25,26). The van der Waals surface area contributed by atoms with E-state index in [9.17, 15) is 10.1 Å². The summed E-state index contributed by atoms with van der Waals surface area (Å²) in [5.74, 6) is 0.880. The van der Waals surface area contributed by atoms with Crippen LogP contribution in [0.1, 0.15) is 0 Å². The molecule has 6 heteroatoms. The highest BCUT2D eigenvalue weighted by Crippen LogP contribution is 2.33. The molecule has 0 unspecified atom stereocenters. The first kappa shape index (κ1) is 19.1. The van der Waals surface area contributed by atoms with E-state index >= 15 is 0 Å². The van der Waals surface area contributed by atoms with Crippen LogP contribution < -0.4 is 10.1 Å². The van der Waals surface area contributed by atoms with E-state index in [1.165, 1.54) is 13.2 Å². The van der Waals surface area contributed by atoms with E-state index in [2.05, 4.69) is 34.6 Å². The van der Waals surface area contributed by atoms with Gasteiger partial charge in [-0.2, -0.15) is 0 Å². The van der Waals surface area contributed by atoms with Gasteiger partial charge in [0.15, 0.2) is 5.75 Å². The van der Waals surface area contributed by atoms with Crippen molar-refractivity contribution in [3.05, 3.63) is 101 Å². The predicted molar refractivity (Wildman–Crippen MR) is 118 cm³/mol. The molecule has 0 saturated heterocycles. The zero-order chi connectivity index (χ0) is 20.9. The van der Waals surface area contributed by atoms with Crippen LogP contribution in [0.5, 0.6) is 5.75 Å². The van der Waals surface area contributed by atoms with Gasteiger partial charge in [-0.1, -0.05) is 48.5 Å². The Labute approximate surface area is 174 Å². The first-order valence-electron chi connectivity index (χ1n) is 9.35. The van der Waals surface area contributed by atoms with Crippen molar-refractivity contribution in [2.24, 2.45) is 0 Å². The fourth-order valence-corrected chi connectivity index (χ4v) is 3.25. The molecule has 0 saturated carbocycles. The number of rotatable bonds is 6. The summed E-state index contributed by atoms with van der Waals surface area (Å²) < 4.78 is 5.08. The molecule has 30 heavy (non-hydrogen) atoms. The molecule has 1 aromatic heterocycles. The van der Waals surface area contributed by atoms with Crippen LogP contribution in [0.2, 0.25) is 0 Å². The van der Waals surface area contributed by atoms with Gasteiger partial charge in [0.25, 0.3) is 0 Å². The van der Waals surface area contributed by atoms with Gasteiger partial charge in [0.05, 0.1) is 12.0 Å². The summed E-state index contributed by atoms with van der Waals surface area (Å²) >= 11 is 0. The van der Waals surface area contributed by atoms with Crippen molar-refractivity contribution in [1.82, 2.24) is 4.98 Å². The molecule has 6 nitrogen and oxygen atoms in total. The maximum absolute atomic E-state index is 11.3. The highest BCUT2D eigenvalue weighted by atomic mass is 16.6. The van der Waals surface area contributed by atoms with Gasteiger partial charge in [0.1, 0.15) is 5.82 Å². The number of nitro groups is 1. The van der Waals surface area contributed by atoms with Crippen LogP contribution >= 0.6 is 0 Å². The number of pyridine rings is 1. The first-order chi connectivity index (χ1) is 14.6.